The molecule has 0 N–H and O–H groups in total. The van der Waals surface area contributed by atoms with Crippen LogP contribution in [0.25, 0.3) is 0 Å². The van der Waals surface area contributed by atoms with Crippen molar-refractivity contribution >= 4 is 0 Å². The summed E-state index contributed by atoms with van der Waals surface area (Å²) in [5, 5.41) is 0. The van der Waals surface area contributed by atoms with Crippen LogP contribution in [-0.2, 0) is 0 Å². The molecule has 1 aliphatic rings. The molecular formula is C13H26. The van der Waals surface area contributed by atoms with Crippen LogP contribution >= 0.6 is 0 Å². The second kappa shape index (κ2) is 5.67. The third-order valence-corrected chi connectivity index (χ3v) is 3.73. The fraction of sp³-hybridized carbons (Fsp3) is 1.00. The van der Waals surface area contributed by atoms with E-state index in [4.69, 9.17) is 0 Å². The first-order valence-corrected chi connectivity index (χ1v) is 6.29. The van der Waals surface area contributed by atoms with Gasteiger partial charge in [-0.25, -0.2) is 0 Å². The topological polar surface area (TPSA) is 0 Å². The summed E-state index contributed by atoms with van der Waals surface area (Å²) in [6, 6.07) is 0. The number of hydrogen-bond donors (Lipinski definition) is 0. The SMILES string of the molecule is CCCCCCC(CC)C1CC1C. The van der Waals surface area contributed by atoms with Crippen LogP contribution in [0.5, 0.6) is 0 Å². The van der Waals surface area contributed by atoms with Crippen LogP contribution in [-0.4, -0.2) is 0 Å². The van der Waals surface area contributed by atoms with E-state index in [1.54, 1.807) is 0 Å². The average Bonchev–Trinajstić information content (AvgIpc) is 2.83. The van der Waals surface area contributed by atoms with Crippen LogP contribution in [0.2, 0.25) is 0 Å². The summed E-state index contributed by atoms with van der Waals surface area (Å²) in [7, 11) is 0. The molecule has 13 heavy (non-hydrogen) atoms. The van der Waals surface area contributed by atoms with Crippen LogP contribution < -0.4 is 0 Å². The normalized spacial score (nSPS) is 28.8. The van der Waals surface area contributed by atoms with E-state index in [2.05, 4.69) is 20.8 Å². The zero-order valence-corrected chi connectivity index (χ0v) is 9.68. The standard InChI is InChI=1S/C13H26/c1-4-6-7-8-9-12(5-2)13-10-11(13)3/h11-13H,4-10H2,1-3H3. The van der Waals surface area contributed by atoms with Crippen molar-refractivity contribution in [1.82, 2.24) is 0 Å². The summed E-state index contributed by atoms with van der Waals surface area (Å²) >= 11 is 0. The molecule has 78 valence electrons. The van der Waals surface area contributed by atoms with E-state index in [9.17, 15) is 0 Å². The lowest BCUT2D eigenvalue weighted by atomic mass is 9.92. The molecule has 0 heterocycles. The summed E-state index contributed by atoms with van der Waals surface area (Å²) in [5.74, 6) is 3.22. The Hall–Kier alpha value is 0. The van der Waals surface area contributed by atoms with Gasteiger partial charge in [-0.05, 0) is 24.2 Å². The molecule has 0 radical (unpaired) electrons. The van der Waals surface area contributed by atoms with Gasteiger partial charge < -0.3 is 0 Å². The second-order valence-corrected chi connectivity index (χ2v) is 4.89. The Morgan fingerprint density at radius 1 is 1.15 bits per heavy atom. The first-order chi connectivity index (χ1) is 6.29. The highest BCUT2D eigenvalue weighted by Gasteiger charge is 2.37. The minimum absolute atomic E-state index is 1.05. The summed E-state index contributed by atoms with van der Waals surface area (Å²) in [5.41, 5.74) is 0. The molecule has 0 bridgehead atoms. The summed E-state index contributed by atoms with van der Waals surface area (Å²) in [6.45, 7) is 7.08. The molecule has 0 aromatic carbocycles. The lowest BCUT2D eigenvalue weighted by molar-refractivity contribution is 0.380. The molecule has 0 aromatic rings. The Kier molecular flexibility index (Phi) is 4.83. The summed E-state index contributed by atoms with van der Waals surface area (Å²) in [6.07, 6.45) is 10.2. The highest BCUT2D eigenvalue weighted by Crippen LogP contribution is 2.46. The van der Waals surface area contributed by atoms with E-state index < -0.39 is 0 Å². The highest BCUT2D eigenvalue weighted by molar-refractivity contribution is 4.87. The van der Waals surface area contributed by atoms with Crippen molar-refractivity contribution in [2.45, 2.75) is 65.7 Å². The minimum Gasteiger partial charge on any atom is -0.0654 e. The number of unbranched alkanes of at least 4 members (excludes halogenated alkanes) is 3. The van der Waals surface area contributed by atoms with Gasteiger partial charge in [0, 0.05) is 0 Å². The van der Waals surface area contributed by atoms with Crippen molar-refractivity contribution in [1.29, 1.82) is 0 Å². The molecule has 0 nitrogen and oxygen atoms in total. The second-order valence-electron chi connectivity index (χ2n) is 4.89. The average molecular weight is 182 g/mol. The van der Waals surface area contributed by atoms with Crippen LogP contribution in [0.1, 0.15) is 65.7 Å². The lowest BCUT2D eigenvalue weighted by Crippen LogP contribution is -2.02. The van der Waals surface area contributed by atoms with E-state index in [1.807, 2.05) is 0 Å². The molecule has 0 aromatic heterocycles. The van der Waals surface area contributed by atoms with Gasteiger partial charge in [-0.1, -0.05) is 59.3 Å². The zero-order valence-electron chi connectivity index (χ0n) is 9.68. The minimum atomic E-state index is 1.05. The summed E-state index contributed by atoms with van der Waals surface area (Å²) in [4.78, 5) is 0. The van der Waals surface area contributed by atoms with Gasteiger partial charge in [0.25, 0.3) is 0 Å². The number of hydrogen-bond acceptors (Lipinski definition) is 0. The molecule has 1 aliphatic carbocycles. The fourth-order valence-electron chi connectivity index (χ4n) is 2.56. The lowest BCUT2D eigenvalue weighted by Gasteiger charge is -2.13. The van der Waals surface area contributed by atoms with E-state index in [1.165, 1.54) is 44.9 Å². The van der Waals surface area contributed by atoms with Crippen molar-refractivity contribution in [2.24, 2.45) is 17.8 Å². The largest absolute Gasteiger partial charge is 0.0654 e. The molecule has 3 atom stereocenters. The maximum atomic E-state index is 2.42. The van der Waals surface area contributed by atoms with Crippen LogP contribution in [0, 0.1) is 17.8 Å². The van der Waals surface area contributed by atoms with E-state index in [0.29, 0.717) is 0 Å². The van der Waals surface area contributed by atoms with Crippen molar-refractivity contribution in [3.63, 3.8) is 0 Å². The Morgan fingerprint density at radius 3 is 2.31 bits per heavy atom. The zero-order chi connectivity index (χ0) is 9.68. The van der Waals surface area contributed by atoms with Crippen molar-refractivity contribution in [3.8, 4) is 0 Å². The maximum absolute atomic E-state index is 2.42. The third-order valence-electron chi connectivity index (χ3n) is 3.73. The molecule has 0 spiro atoms. The molecule has 1 rings (SSSR count). The van der Waals surface area contributed by atoms with E-state index in [0.717, 1.165) is 17.8 Å². The number of rotatable bonds is 7. The highest BCUT2D eigenvalue weighted by atomic mass is 14.4. The Balaban J connectivity index is 2.03. The van der Waals surface area contributed by atoms with Crippen molar-refractivity contribution in [2.75, 3.05) is 0 Å². The quantitative estimate of drug-likeness (QED) is 0.503. The van der Waals surface area contributed by atoms with Crippen molar-refractivity contribution in [3.05, 3.63) is 0 Å². The first-order valence-electron chi connectivity index (χ1n) is 6.29. The molecular weight excluding hydrogens is 156 g/mol. The molecule has 1 saturated carbocycles. The molecule has 0 amide bonds. The maximum Gasteiger partial charge on any atom is -0.0357 e. The van der Waals surface area contributed by atoms with Crippen molar-refractivity contribution < 1.29 is 0 Å². The predicted octanol–water partition coefficient (Wildman–Crippen LogP) is 4.64. The molecule has 0 heteroatoms. The molecule has 0 aliphatic heterocycles. The van der Waals surface area contributed by atoms with Crippen LogP contribution in [0.3, 0.4) is 0 Å². The van der Waals surface area contributed by atoms with Gasteiger partial charge in [0.2, 0.25) is 0 Å². The van der Waals surface area contributed by atoms with Gasteiger partial charge in [0.1, 0.15) is 0 Å². The fourth-order valence-corrected chi connectivity index (χ4v) is 2.56. The summed E-state index contributed by atoms with van der Waals surface area (Å²) < 4.78 is 0. The monoisotopic (exact) mass is 182 g/mol. The predicted molar refractivity (Wildman–Crippen MR) is 59.8 cm³/mol. The van der Waals surface area contributed by atoms with Gasteiger partial charge in [-0.15, -0.1) is 0 Å². The van der Waals surface area contributed by atoms with Gasteiger partial charge >= 0.3 is 0 Å². The van der Waals surface area contributed by atoms with Crippen LogP contribution in [0.4, 0.5) is 0 Å². The van der Waals surface area contributed by atoms with Gasteiger partial charge in [-0.3, -0.25) is 0 Å². The van der Waals surface area contributed by atoms with E-state index in [-0.39, 0.29) is 0 Å². The first kappa shape index (κ1) is 11.1. The third kappa shape index (κ3) is 3.70. The Morgan fingerprint density at radius 2 is 1.85 bits per heavy atom. The molecule has 0 saturated heterocycles. The Bertz CT molecular complexity index is 128. The van der Waals surface area contributed by atoms with Crippen LogP contribution in [0.15, 0.2) is 0 Å². The molecule has 3 unspecified atom stereocenters. The molecule has 1 fully saturated rings. The van der Waals surface area contributed by atoms with Gasteiger partial charge in [0.15, 0.2) is 0 Å². The van der Waals surface area contributed by atoms with Gasteiger partial charge in [0.05, 0.1) is 0 Å². The smallest absolute Gasteiger partial charge is 0.0357 e. The van der Waals surface area contributed by atoms with E-state index >= 15 is 0 Å². The van der Waals surface area contributed by atoms with Gasteiger partial charge in [-0.2, -0.15) is 0 Å². The Labute approximate surface area is 84.1 Å².